The van der Waals surface area contributed by atoms with Crippen LogP contribution in [0, 0.1) is 5.92 Å². The van der Waals surface area contributed by atoms with Gasteiger partial charge < -0.3 is 10.5 Å². The molecule has 112 valence electrons. The molecule has 2 atom stereocenters. The van der Waals surface area contributed by atoms with Crippen molar-refractivity contribution in [2.24, 2.45) is 11.7 Å². The minimum atomic E-state index is -4.41. The molecule has 1 aliphatic rings. The molecule has 0 aromatic heterocycles. The first kappa shape index (κ1) is 15.6. The Morgan fingerprint density at radius 1 is 1.25 bits per heavy atom. The third-order valence-corrected chi connectivity index (χ3v) is 4.16. The monoisotopic (exact) mass is 351 g/mol. The first-order valence-electron chi connectivity index (χ1n) is 6.65. The van der Waals surface area contributed by atoms with Gasteiger partial charge in [0.2, 0.25) is 0 Å². The van der Waals surface area contributed by atoms with E-state index in [1.165, 1.54) is 12.1 Å². The lowest BCUT2D eigenvalue weighted by atomic mass is 9.86. The van der Waals surface area contributed by atoms with Crippen molar-refractivity contribution in [3.8, 4) is 5.75 Å². The molecule has 0 spiro atoms. The van der Waals surface area contributed by atoms with E-state index in [4.69, 9.17) is 10.5 Å². The fraction of sp³-hybridized carbons (Fsp3) is 0.571. The number of alkyl halides is 3. The Morgan fingerprint density at radius 2 is 1.95 bits per heavy atom. The summed E-state index contributed by atoms with van der Waals surface area (Å²) in [7, 11) is 0. The van der Waals surface area contributed by atoms with E-state index >= 15 is 0 Å². The van der Waals surface area contributed by atoms with Crippen LogP contribution in [-0.2, 0) is 6.18 Å². The van der Waals surface area contributed by atoms with Crippen molar-refractivity contribution in [1.82, 2.24) is 0 Å². The maximum absolute atomic E-state index is 13.0. The van der Waals surface area contributed by atoms with Gasteiger partial charge in [-0.15, -0.1) is 0 Å². The molecule has 0 saturated heterocycles. The molecule has 2 N–H and O–H groups in total. The topological polar surface area (TPSA) is 35.2 Å². The van der Waals surface area contributed by atoms with Gasteiger partial charge in [0, 0.05) is 10.4 Å². The van der Waals surface area contributed by atoms with E-state index in [1.54, 1.807) is 0 Å². The SMILES string of the molecule is NCC1CCCCC1Oc1cc(Br)ccc1C(F)(F)F. The summed E-state index contributed by atoms with van der Waals surface area (Å²) in [4.78, 5) is 0. The van der Waals surface area contributed by atoms with Crippen molar-refractivity contribution < 1.29 is 17.9 Å². The molecule has 1 aromatic carbocycles. The van der Waals surface area contributed by atoms with Crippen LogP contribution in [0.2, 0.25) is 0 Å². The van der Waals surface area contributed by atoms with Crippen LogP contribution in [0.1, 0.15) is 31.2 Å². The summed E-state index contributed by atoms with van der Waals surface area (Å²) in [5.41, 5.74) is 4.96. The molecule has 0 radical (unpaired) electrons. The molecule has 2 unspecified atom stereocenters. The molecule has 20 heavy (non-hydrogen) atoms. The van der Waals surface area contributed by atoms with E-state index < -0.39 is 11.7 Å². The average molecular weight is 352 g/mol. The minimum Gasteiger partial charge on any atom is -0.489 e. The Hall–Kier alpha value is -0.750. The molecule has 2 nitrogen and oxygen atoms in total. The Morgan fingerprint density at radius 3 is 2.60 bits per heavy atom. The van der Waals surface area contributed by atoms with Crippen molar-refractivity contribution in [1.29, 1.82) is 0 Å². The highest BCUT2D eigenvalue weighted by Gasteiger charge is 2.36. The van der Waals surface area contributed by atoms with Crippen molar-refractivity contribution in [2.45, 2.75) is 38.0 Å². The Labute approximate surface area is 124 Å². The molecular formula is C14H17BrF3NO. The van der Waals surface area contributed by atoms with Gasteiger partial charge in [-0.1, -0.05) is 22.4 Å². The number of ether oxygens (including phenoxy) is 1. The molecule has 1 fully saturated rings. The van der Waals surface area contributed by atoms with Crippen LogP contribution in [-0.4, -0.2) is 12.6 Å². The van der Waals surface area contributed by atoms with Crippen LogP contribution < -0.4 is 10.5 Å². The van der Waals surface area contributed by atoms with E-state index in [9.17, 15) is 13.2 Å². The molecule has 1 aliphatic carbocycles. The normalized spacial score (nSPS) is 23.6. The summed E-state index contributed by atoms with van der Waals surface area (Å²) in [6.45, 7) is 0.444. The largest absolute Gasteiger partial charge is 0.489 e. The second-order valence-corrected chi connectivity index (χ2v) is 5.99. The summed E-state index contributed by atoms with van der Waals surface area (Å²) >= 11 is 3.19. The van der Waals surface area contributed by atoms with E-state index in [0.717, 1.165) is 31.7 Å². The number of rotatable bonds is 3. The first-order valence-corrected chi connectivity index (χ1v) is 7.44. The van der Waals surface area contributed by atoms with Gasteiger partial charge in [0.25, 0.3) is 0 Å². The molecule has 0 bridgehead atoms. The predicted molar refractivity (Wildman–Crippen MR) is 74.6 cm³/mol. The number of nitrogens with two attached hydrogens (primary N) is 1. The highest BCUT2D eigenvalue weighted by molar-refractivity contribution is 9.10. The lowest BCUT2D eigenvalue weighted by molar-refractivity contribution is -0.139. The third-order valence-electron chi connectivity index (χ3n) is 3.67. The van der Waals surface area contributed by atoms with Gasteiger partial charge in [-0.05, 0) is 44.0 Å². The number of halogens is 4. The quantitative estimate of drug-likeness (QED) is 0.877. The summed E-state index contributed by atoms with van der Waals surface area (Å²) in [5.74, 6) is 0.0149. The molecule has 1 saturated carbocycles. The Bertz CT molecular complexity index is 464. The fourth-order valence-electron chi connectivity index (χ4n) is 2.59. The lowest BCUT2D eigenvalue weighted by Crippen LogP contribution is -2.35. The molecule has 1 aromatic rings. The van der Waals surface area contributed by atoms with Crippen LogP contribution in [0.25, 0.3) is 0 Å². The van der Waals surface area contributed by atoms with E-state index in [0.29, 0.717) is 11.0 Å². The van der Waals surface area contributed by atoms with Gasteiger partial charge in [-0.25, -0.2) is 0 Å². The van der Waals surface area contributed by atoms with Crippen LogP contribution in [0.4, 0.5) is 13.2 Å². The molecule has 2 rings (SSSR count). The van der Waals surface area contributed by atoms with Gasteiger partial charge in [0.15, 0.2) is 0 Å². The summed E-state index contributed by atoms with van der Waals surface area (Å²) in [5, 5.41) is 0. The standard InChI is InChI=1S/C14H17BrF3NO/c15-10-5-6-11(14(16,17)18)13(7-10)20-12-4-2-1-3-9(12)8-19/h5-7,9,12H,1-4,8,19H2. The zero-order valence-electron chi connectivity index (χ0n) is 10.9. The van der Waals surface area contributed by atoms with Gasteiger partial charge in [0.1, 0.15) is 11.9 Å². The van der Waals surface area contributed by atoms with Crippen molar-refractivity contribution in [3.63, 3.8) is 0 Å². The zero-order chi connectivity index (χ0) is 14.8. The second-order valence-electron chi connectivity index (χ2n) is 5.07. The van der Waals surface area contributed by atoms with Gasteiger partial charge in [-0.2, -0.15) is 13.2 Å². The lowest BCUT2D eigenvalue weighted by Gasteiger charge is -2.31. The first-order chi connectivity index (χ1) is 9.41. The maximum Gasteiger partial charge on any atom is 0.419 e. The number of hydrogen-bond donors (Lipinski definition) is 1. The maximum atomic E-state index is 13.0. The summed E-state index contributed by atoms with van der Waals surface area (Å²) < 4.78 is 45.2. The van der Waals surface area contributed by atoms with Gasteiger partial charge in [0.05, 0.1) is 5.56 Å². The van der Waals surface area contributed by atoms with Gasteiger partial charge in [-0.3, -0.25) is 0 Å². The van der Waals surface area contributed by atoms with Crippen molar-refractivity contribution in [3.05, 3.63) is 28.2 Å². The Kier molecular flexibility index (Phi) is 4.96. The van der Waals surface area contributed by atoms with Crippen molar-refractivity contribution >= 4 is 15.9 Å². The third kappa shape index (κ3) is 3.67. The fourth-order valence-corrected chi connectivity index (χ4v) is 2.93. The van der Waals surface area contributed by atoms with Crippen LogP contribution in [0.15, 0.2) is 22.7 Å². The Balaban J connectivity index is 2.25. The number of hydrogen-bond acceptors (Lipinski definition) is 2. The molecule has 6 heteroatoms. The summed E-state index contributed by atoms with van der Waals surface area (Å²) in [6.07, 6.45) is -0.947. The van der Waals surface area contributed by atoms with Crippen LogP contribution in [0.3, 0.4) is 0 Å². The van der Waals surface area contributed by atoms with E-state index in [2.05, 4.69) is 15.9 Å². The molecule has 0 heterocycles. The highest BCUT2D eigenvalue weighted by atomic mass is 79.9. The van der Waals surface area contributed by atoms with E-state index in [-0.39, 0.29) is 17.8 Å². The summed E-state index contributed by atoms with van der Waals surface area (Å²) in [6, 6.07) is 3.79. The number of benzene rings is 1. The van der Waals surface area contributed by atoms with Crippen LogP contribution in [0.5, 0.6) is 5.75 Å². The van der Waals surface area contributed by atoms with Crippen molar-refractivity contribution in [2.75, 3.05) is 6.54 Å². The zero-order valence-corrected chi connectivity index (χ0v) is 12.5. The highest BCUT2D eigenvalue weighted by Crippen LogP contribution is 2.39. The second kappa shape index (κ2) is 6.35. The minimum absolute atomic E-state index is 0.114. The van der Waals surface area contributed by atoms with Gasteiger partial charge >= 0.3 is 6.18 Å². The smallest absolute Gasteiger partial charge is 0.419 e. The molecule has 0 amide bonds. The molecular weight excluding hydrogens is 335 g/mol. The predicted octanol–water partition coefficient (Wildman–Crippen LogP) is 4.36. The molecule has 0 aliphatic heterocycles. The van der Waals surface area contributed by atoms with E-state index in [1.807, 2.05) is 0 Å². The van der Waals surface area contributed by atoms with Crippen LogP contribution >= 0.6 is 15.9 Å². The average Bonchev–Trinajstić information content (AvgIpc) is 2.38.